The molecule has 0 aliphatic heterocycles. The standard InChI is InChI=1S/C15H12ClN3O2/c16-11-9-17-7-5-10(11)15-18-12-3-1-2-4-13(12)19(15)8-6-14(20)21/h1-5,7,9H,6,8H2,(H,20,21). The lowest BCUT2D eigenvalue weighted by Crippen LogP contribution is -2.06. The molecule has 1 aromatic carbocycles. The van der Waals surface area contributed by atoms with Crippen LogP contribution >= 0.6 is 11.6 Å². The molecule has 3 rings (SSSR count). The molecule has 2 heterocycles. The lowest BCUT2D eigenvalue weighted by molar-refractivity contribution is -0.137. The third-order valence-corrected chi connectivity index (χ3v) is 3.52. The van der Waals surface area contributed by atoms with Crippen molar-refractivity contribution in [1.82, 2.24) is 14.5 Å². The maximum atomic E-state index is 10.9. The van der Waals surface area contributed by atoms with Crippen LogP contribution in [0.25, 0.3) is 22.4 Å². The van der Waals surface area contributed by atoms with Crippen molar-refractivity contribution in [1.29, 1.82) is 0 Å². The number of halogens is 1. The molecule has 106 valence electrons. The number of aromatic nitrogens is 3. The van der Waals surface area contributed by atoms with Gasteiger partial charge in [0.15, 0.2) is 0 Å². The lowest BCUT2D eigenvalue weighted by atomic mass is 10.2. The molecular weight excluding hydrogens is 290 g/mol. The number of hydrogen-bond acceptors (Lipinski definition) is 3. The molecule has 0 atom stereocenters. The Kier molecular flexibility index (Phi) is 3.58. The van der Waals surface area contributed by atoms with E-state index in [2.05, 4.69) is 9.97 Å². The molecule has 0 saturated heterocycles. The van der Waals surface area contributed by atoms with Gasteiger partial charge in [0.05, 0.1) is 22.5 Å². The van der Waals surface area contributed by atoms with Gasteiger partial charge in [-0.2, -0.15) is 0 Å². The van der Waals surface area contributed by atoms with Crippen LogP contribution in [-0.4, -0.2) is 25.6 Å². The Morgan fingerprint density at radius 3 is 2.86 bits per heavy atom. The zero-order valence-electron chi connectivity index (χ0n) is 11.0. The Hall–Kier alpha value is -2.40. The van der Waals surface area contributed by atoms with E-state index in [0.29, 0.717) is 17.4 Å². The molecule has 0 bridgehead atoms. The first kappa shape index (κ1) is 13.6. The number of fused-ring (bicyclic) bond motifs is 1. The first-order valence-corrected chi connectivity index (χ1v) is 6.81. The van der Waals surface area contributed by atoms with Gasteiger partial charge < -0.3 is 9.67 Å². The van der Waals surface area contributed by atoms with Gasteiger partial charge in [-0.25, -0.2) is 4.98 Å². The molecule has 0 spiro atoms. The van der Waals surface area contributed by atoms with Crippen molar-refractivity contribution in [3.63, 3.8) is 0 Å². The molecule has 0 unspecified atom stereocenters. The Morgan fingerprint density at radius 1 is 1.29 bits per heavy atom. The Labute approximate surface area is 125 Å². The lowest BCUT2D eigenvalue weighted by Gasteiger charge is -2.08. The Morgan fingerprint density at radius 2 is 2.10 bits per heavy atom. The molecule has 0 amide bonds. The number of aliphatic carboxylic acids is 1. The molecule has 21 heavy (non-hydrogen) atoms. The minimum Gasteiger partial charge on any atom is -0.481 e. The van der Waals surface area contributed by atoms with Gasteiger partial charge in [0.1, 0.15) is 5.82 Å². The summed E-state index contributed by atoms with van der Waals surface area (Å²) in [5.74, 6) is -0.190. The van der Waals surface area contributed by atoms with E-state index in [1.165, 1.54) is 0 Å². The van der Waals surface area contributed by atoms with Gasteiger partial charge in [-0.3, -0.25) is 9.78 Å². The number of aryl methyl sites for hydroxylation is 1. The predicted octanol–water partition coefficient (Wildman–Crippen LogP) is 3.23. The monoisotopic (exact) mass is 301 g/mol. The highest BCUT2D eigenvalue weighted by atomic mass is 35.5. The van der Waals surface area contributed by atoms with Gasteiger partial charge in [-0.1, -0.05) is 23.7 Å². The largest absolute Gasteiger partial charge is 0.481 e. The average molecular weight is 302 g/mol. The van der Waals surface area contributed by atoms with E-state index in [0.717, 1.165) is 16.6 Å². The fourth-order valence-corrected chi connectivity index (χ4v) is 2.48. The normalized spacial score (nSPS) is 10.9. The Bertz CT molecular complexity index is 814. The van der Waals surface area contributed by atoms with Crippen LogP contribution in [0.1, 0.15) is 6.42 Å². The molecule has 1 N–H and O–H groups in total. The molecule has 0 radical (unpaired) electrons. The Balaban J connectivity index is 2.19. The first-order chi connectivity index (χ1) is 10.2. The summed E-state index contributed by atoms with van der Waals surface area (Å²) < 4.78 is 1.88. The molecule has 0 aliphatic rings. The number of nitrogens with zero attached hydrogens (tertiary/aromatic N) is 3. The van der Waals surface area contributed by atoms with E-state index in [-0.39, 0.29) is 6.42 Å². The SMILES string of the molecule is O=C(O)CCn1c(-c2ccncc2Cl)nc2ccccc21. The number of benzene rings is 1. The summed E-state index contributed by atoms with van der Waals surface area (Å²) in [6, 6.07) is 9.39. The molecule has 0 fully saturated rings. The van der Waals surface area contributed by atoms with E-state index < -0.39 is 5.97 Å². The number of carbonyl (C=O) groups is 1. The maximum absolute atomic E-state index is 10.9. The van der Waals surface area contributed by atoms with Crippen LogP contribution in [0.15, 0.2) is 42.7 Å². The highest BCUT2D eigenvalue weighted by Crippen LogP contribution is 2.29. The van der Waals surface area contributed by atoms with E-state index >= 15 is 0 Å². The zero-order chi connectivity index (χ0) is 14.8. The quantitative estimate of drug-likeness (QED) is 0.803. The molecular formula is C15H12ClN3O2. The summed E-state index contributed by atoms with van der Waals surface area (Å²) in [6.45, 7) is 0.337. The summed E-state index contributed by atoms with van der Waals surface area (Å²) in [6.07, 6.45) is 3.22. The van der Waals surface area contributed by atoms with Gasteiger partial charge >= 0.3 is 5.97 Å². The van der Waals surface area contributed by atoms with Crippen molar-refractivity contribution >= 4 is 28.6 Å². The minimum absolute atomic E-state index is 0.0239. The molecule has 0 saturated carbocycles. The van der Waals surface area contributed by atoms with Crippen molar-refractivity contribution < 1.29 is 9.90 Å². The van der Waals surface area contributed by atoms with Crippen LogP contribution in [0.4, 0.5) is 0 Å². The summed E-state index contributed by atoms with van der Waals surface area (Å²) in [5, 5.41) is 9.42. The molecule has 0 aliphatic carbocycles. The summed E-state index contributed by atoms with van der Waals surface area (Å²) in [5.41, 5.74) is 2.45. The second-order valence-corrected chi connectivity index (χ2v) is 4.98. The average Bonchev–Trinajstić information content (AvgIpc) is 2.84. The van der Waals surface area contributed by atoms with E-state index in [1.54, 1.807) is 18.5 Å². The fraction of sp³-hybridized carbons (Fsp3) is 0.133. The van der Waals surface area contributed by atoms with Crippen LogP contribution in [0.2, 0.25) is 5.02 Å². The fourth-order valence-electron chi connectivity index (χ4n) is 2.27. The highest BCUT2D eigenvalue weighted by molar-refractivity contribution is 6.33. The third-order valence-electron chi connectivity index (χ3n) is 3.22. The van der Waals surface area contributed by atoms with Crippen LogP contribution in [0, 0.1) is 0 Å². The van der Waals surface area contributed by atoms with Crippen molar-refractivity contribution in [2.24, 2.45) is 0 Å². The van der Waals surface area contributed by atoms with Crippen molar-refractivity contribution in [3.8, 4) is 11.4 Å². The molecule has 5 nitrogen and oxygen atoms in total. The van der Waals surface area contributed by atoms with Gasteiger partial charge in [-0.15, -0.1) is 0 Å². The molecule has 6 heteroatoms. The topological polar surface area (TPSA) is 68.0 Å². The number of carboxylic acids is 1. The number of para-hydroxylation sites is 2. The van der Waals surface area contributed by atoms with Gasteiger partial charge in [-0.05, 0) is 18.2 Å². The third kappa shape index (κ3) is 2.60. The van der Waals surface area contributed by atoms with Crippen LogP contribution in [-0.2, 0) is 11.3 Å². The van der Waals surface area contributed by atoms with Gasteiger partial charge in [0.25, 0.3) is 0 Å². The minimum atomic E-state index is -0.848. The smallest absolute Gasteiger partial charge is 0.305 e. The van der Waals surface area contributed by atoms with Crippen molar-refractivity contribution in [2.45, 2.75) is 13.0 Å². The number of carboxylic acid groups (broad SMARTS) is 1. The first-order valence-electron chi connectivity index (χ1n) is 6.44. The van der Waals surface area contributed by atoms with Crippen molar-refractivity contribution in [3.05, 3.63) is 47.7 Å². The predicted molar refractivity (Wildman–Crippen MR) is 80.2 cm³/mol. The van der Waals surface area contributed by atoms with Crippen LogP contribution in [0.5, 0.6) is 0 Å². The van der Waals surface area contributed by atoms with Gasteiger partial charge in [0, 0.05) is 24.5 Å². The van der Waals surface area contributed by atoms with E-state index in [9.17, 15) is 4.79 Å². The van der Waals surface area contributed by atoms with Gasteiger partial charge in [0.2, 0.25) is 0 Å². The van der Waals surface area contributed by atoms with E-state index in [1.807, 2.05) is 28.8 Å². The summed E-state index contributed by atoms with van der Waals surface area (Å²) >= 11 is 6.19. The number of pyridine rings is 1. The number of rotatable bonds is 4. The molecule has 2 aromatic heterocycles. The highest BCUT2D eigenvalue weighted by Gasteiger charge is 2.15. The van der Waals surface area contributed by atoms with Crippen LogP contribution < -0.4 is 0 Å². The number of hydrogen-bond donors (Lipinski definition) is 1. The second kappa shape index (κ2) is 5.54. The summed E-state index contributed by atoms with van der Waals surface area (Å²) in [4.78, 5) is 19.4. The summed E-state index contributed by atoms with van der Waals surface area (Å²) in [7, 11) is 0. The number of imidazole rings is 1. The van der Waals surface area contributed by atoms with Crippen LogP contribution in [0.3, 0.4) is 0 Å². The van der Waals surface area contributed by atoms with Crippen molar-refractivity contribution in [2.75, 3.05) is 0 Å². The molecule has 3 aromatic rings. The zero-order valence-corrected chi connectivity index (χ0v) is 11.8. The second-order valence-electron chi connectivity index (χ2n) is 4.58. The van der Waals surface area contributed by atoms with E-state index in [4.69, 9.17) is 16.7 Å². The maximum Gasteiger partial charge on any atom is 0.305 e.